The first-order valence-electron chi connectivity index (χ1n) is 12.8. The molecule has 0 bridgehead atoms. The number of rotatable bonds is 11. The quantitative estimate of drug-likeness (QED) is 0.176. The molecule has 2 N–H and O–H groups in total. The highest BCUT2D eigenvalue weighted by Gasteiger charge is 2.15. The SMILES string of the molecule is O=c1c2ccc(-c3cc(COCc4ccccc4F)on3)cc2nc(CCCCC(O)O)n1-c1ccc(F)cc1. The molecule has 0 aliphatic rings. The Balaban J connectivity index is 1.41. The van der Waals surface area contributed by atoms with E-state index in [1.54, 1.807) is 42.5 Å². The summed E-state index contributed by atoms with van der Waals surface area (Å²) < 4.78 is 39.8. The van der Waals surface area contributed by atoms with Crippen molar-refractivity contribution in [3.8, 4) is 16.9 Å². The molecule has 0 aliphatic carbocycles. The minimum absolute atomic E-state index is 0.0863. The summed E-state index contributed by atoms with van der Waals surface area (Å²) >= 11 is 0. The van der Waals surface area contributed by atoms with Crippen molar-refractivity contribution in [2.75, 3.05) is 0 Å². The van der Waals surface area contributed by atoms with E-state index in [0.717, 1.165) is 0 Å². The molecule has 0 fully saturated rings. The maximum Gasteiger partial charge on any atom is 0.265 e. The van der Waals surface area contributed by atoms with Crippen LogP contribution < -0.4 is 5.56 Å². The average Bonchev–Trinajstić information content (AvgIpc) is 3.42. The molecule has 0 atom stereocenters. The first kappa shape index (κ1) is 27.3. The van der Waals surface area contributed by atoms with Crippen LogP contribution in [0.5, 0.6) is 0 Å². The Morgan fingerprint density at radius 1 is 0.950 bits per heavy atom. The third-order valence-electron chi connectivity index (χ3n) is 6.45. The monoisotopic (exact) mass is 547 g/mol. The lowest BCUT2D eigenvalue weighted by Gasteiger charge is -2.14. The Morgan fingerprint density at radius 3 is 2.52 bits per heavy atom. The molecule has 2 heterocycles. The van der Waals surface area contributed by atoms with E-state index in [-0.39, 0.29) is 31.0 Å². The zero-order chi connectivity index (χ0) is 28.1. The number of nitrogens with zero attached hydrogens (tertiary/aromatic N) is 3. The van der Waals surface area contributed by atoms with Gasteiger partial charge in [-0.15, -0.1) is 0 Å². The zero-order valence-corrected chi connectivity index (χ0v) is 21.5. The predicted octanol–water partition coefficient (Wildman–Crippen LogP) is 5.06. The standard InChI is InChI=1S/C30H27F2N3O5/c31-21-10-12-22(13-11-21)35-28(7-3-4-8-29(36)37)33-27-15-19(9-14-24(27)30(35)38)26-16-23(40-34-26)18-39-17-20-5-1-2-6-25(20)32/h1-2,5-6,9-16,29,36-37H,3-4,7-8,17-18H2. The van der Waals surface area contributed by atoms with Crippen LogP contribution in [0.15, 0.2) is 82.1 Å². The van der Waals surface area contributed by atoms with E-state index in [0.29, 0.717) is 64.3 Å². The Hall–Kier alpha value is -4.25. The van der Waals surface area contributed by atoms with Crippen LogP contribution in [-0.2, 0) is 24.4 Å². The summed E-state index contributed by atoms with van der Waals surface area (Å²) in [5.41, 5.74) is 2.28. The van der Waals surface area contributed by atoms with Crippen molar-refractivity contribution in [1.82, 2.24) is 14.7 Å². The topological polar surface area (TPSA) is 111 Å². The smallest absolute Gasteiger partial charge is 0.265 e. The van der Waals surface area contributed by atoms with Gasteiger partial charge in [0, 0.05) is 23.6 Å². The number of aliphatic hydroxyl groups excluding tert-OH is 1. The van der Waals surface area contributed by atoms with Gasteiger partial charge < -0.3 is 19.5 Å². The Bertz CT molecular complexity index is 1660. The third-order valence-corrected chi connectivity index (χ3v) is 6.45. The fourth-order valence-corrected chi connectivity index (χ4v) is 4.42. The summed E-state index contributed by atoms with van der Waals surface area (Å²) in [5, 5.41) is 22.8. The molecule has 40 heavy (non-hydrogen) atoms. The van der Waals surface area contributed by atoms with Crippen LogP contribution >= 0.6 is 0 Å². The minimum Gasteiger partial charge on any atom is -0.369 e. The van der Waals surface area contributed by atoms with Gasteiger partial charge in [0.1, 0.15) is 29.8 Å². The van der Waals surface area contributed by atoms with Crippen molar-refractivity contribution in [3.63, 3.8) is 0 Å². The Labute approximate surface area is 228 Å². The van der Waals surface area contributed by atoms with Gasteiger partial charge in [-0.3, -0.25) is 9.36 Å². The second kappa shape index (κ2) is 12.3. The molecule has 0 amide bonds. The second-order valence-electron chi connectivity index (χ2n) is 9.37. The van der Waals surface area contributed by atoms with Crippen LogP contribution in [0.3, 0.4) is 0 Å². The van der Waals surface area contributed by atoms with Crippen LogP contribution in [0, 0.1) is 11.6 Å². The van der Waals surface area contributed by atoms with E-state index in [9.17, 15) is 13.6 Å². The molecular formula is C30H27F2N3O5. The number of ether oxygens (including phenoxy) is 1. The van der Waals surface area contributed by atoms with E-state index < -0.39 is 12.1 Å². The Morgan fingerprint density at radius 2 is 1.75 bits per heavy atom. The number of unbranched alkanes of at least 4 members (excludes halogenated alkanes) is 1. The van der Waals surface area contributed by atoms with E-state index >= 15 is 0 Å². The summed E-state index contributed by atoms with van der Waals surface area (Å²) in [5.74, 6) is 0.167. The number of aromatic nitrogens is 3. The molecule has 3 aromatic carbocycles. The summed E-state index contributed by atoms with van der Waals surface area (Å²) in [6.07, 6.45) is 0.291. The fourth-order valence-electron chi connectivity index (χ4n) is 4.42. The van der Waals surface area contributed by atoms with E-state index in [1.807, 2.05) is 0 Å². The number of aliphatic hydroxyl groups is 2. The molecule has 206 valence electrons. The van der Waals surface area contributed by atoms with E-state index in [4.69, 9.17) is 24.5 Å². The highest BCUT2D eigenvalue weighted by atomic mass is 19.1. The molecule has 5 rings (SSSR count). The number of benzene rings is 3. The molecule has 0 saturated carbocycles. The molecule has 8 nitrogen and oxygen atoms in total. The van der Waals surface area contributed by atoms with E-state index in [2.05, 4.69) is 5.16 Å². The van der Waals surface area contributed by atoms with Crippen LogP contribution in [0.25, 0.3) is 27.8 Å². The highest BCUT2D eigenvalue weighted by molar-refractivity contribution is 5.83. The molecule has 0 spiro atoms. The maximum absolute atomic E-state index is 13.8. The largest absolute Gasteiger partial charge is 0.369 e. The maximum atomic E-state index is 13.8. The molecule has 0 aliphatic heterocycles. The normalized spacial score (nSPS) is 11.5. The van der Waals surface area contributed by atoms with Crippen molar-refractivity contribution < 1.29 is 28.3 Å². The summed E-state index contributed by atoms with van der Waals surface area (Å²) in [4.78, 5) is 18.3. The lowest BCUT2D eigenvalue weighted by Crippen LogP contribution is -2.24. The zero-order valence-electron chi connectivity index (χ0n) is 21.5. The van der Waals surface area contributed by atoms with Gasteiger partial charge >= 0.3 is 0 Å². The number of aryl methyl sites for hydroxylation is 1. The number of fused-ring (bicyclic) bond motifs is 1. The molecule has 5 aromatic rings. The van der Waals surface area contributed by atoms with Crippen LogP contribution in [0.1, 0.15) is 36.4 Å². The number of hydrogen-bond donors (Lipinski definition) is 2. The van der Waals surface area contributed by atoms with Gasteiger partial charge in [0.25, 0.3) is 5.56 Å². The fraction of sp³-hybridized carbons (Fsp3) is 0.233. The first-order chi connectivity index (χ1) is 19.4. The van der Waals surface area contributed by atoms with Crippen molar-refractivity contribution in [2.45, 2.75) is 45.2 Å². The van der Waals surface area contributed by atoms with Crippen molar-refractivity contribution >= 4 is 10.9 Å². The van der Waals surface area contributed by atoms with Crippen LogP contribution in [0.2, 0.25) is 0 Å². The minimum atomic E-state index is -1.40. The van der Waals surface area contributed by atoms with Gasteiger partial charge in [0.15, 0.2) is 12.1 Å². The van der Waals surface area contributed by atoms with Gasteiger partial charge in [-0.25, -0.2) is 13.8 Å². The molecule has 0 saturated heterocycles. The predicted molar refractivity (Wildman–Crippen MR) is 143 cm³/mol. The summed E-state index contributed by atoms with van der Waals surface area (Å²) in [7, 11) is 0. The molecule has 0 radical (unpaired) electrons. The van der Waals surface area contributed by atoms with Crippen molar-refractivity contribution in [2.24, 2.45) is 0 Å². The van der Waals surface area contributed by atoms with Gasteiger partial charge in [-0.2, -0.15) is 0 Å². The third kappa shape index (κ3) is 6.31. The molecule has 0 unspecified atom stereocenters. The summed E-state index contributed by atoms with van der Waals surface area (Å²) in [6.45, 7) is 0.186. The van der Waals surface area contributed by atoms with Gasteiger partial charge in [-0.05, 0) is 61.7 Å². The molecule has 10 heteroatoms. The van der Waals surface area contributed by atoms with Gasteiger partial charge in [0.2, 0.25) is 0 Å². The highest BCUT2D eigenvalue weighted by Crippen LogP contribution is 2.24. The first-order valence-corrected chi connectivity index (χ1v) is 12.8. The lowest BCUT2D eigenvalue weighted by atomic mass is 10.1. The van der Waals surface area contributed by atoms with Gasteiger partial charge in [-0.1, -0.05) is 29.4 Å². The number of halogens is 2. The van der Waals surface area contributed by atoms with Crippen LogP contribution in [-0.4, -0.2) is 31.2 Å². The number of hydrogen-bond acceptors (Lipinski definition) is 7. The molecular weight excluding hydrogens is 520 g/mol. The second-order valence-corrected chi connectivity index (χ2v) is 9.37. The average molecular weight is 548 g/mol. The summed E-state index contributed by atoms with van der Waals surface area (Å²) in [6, 6.07) is 18.8. The Kier molecular flexibility index (Phi) is 8.40. The van der Waals surface area contributed by atoms with Crippen LogP contribution in [0.4, 0.5) is 8.78 Å². The van der Waals surface area contributed by atoms with E-state index in [1.165, 1.54) is 34.9 Å². The van der Waals surface area contributed by atoms with Crippen molar-refractivity contribution in [1.29, 1.82) is 0 Å². The van der Waals surface area contributed by atoms with Gasteiger partial charge in [0.05, 0.1) is 23.2 Å². The lowest BCUT2D eigenvalue weighted by molar-refractivity contribution is -0.0465. The van der Waals surface area contributed by atoms with Crippen molar-refractivity contribution in [3.05, 3.63) is 112 Å². The molecule has 2 aromatic heterocycles.